The standard InChI is InChI=1S/C22H22N4O2/c1-14-6-4-9-20(15(14)2)26-22(28)17-10-11-21(23-13-17)25-19-8-5-7-18(12-19)24-16(3)27/h4-13H,1-3H3,(H,23,25)(H,24,27)(H,26,28). The molecule has 0 unspecified atom stereocenters. The number of aryl methyl sites for hydroxylation is 1. The molecule has 142 valence electrons. The van der Waals surface area contributed by atoms with E-state index in [9.17, 15) is 9.59 Å². The van der Waals surface area contributed by atoms with E-state index >= 15 is 0 Å². The Morgan fingerprint density at radius 2 is 1.64 bits per heavy atom. The second-order valence-corrected chi connectivity index (χ2v) is 6.52. The number of rotatable bonds is 5. The summed E-state index contributed by atoms with van der Waals surface area (Å²) in [5.74, 6) is 0.262. The van der Waals surface area contributed by atoms with Crippen LogP contribution < -0.4 is 16.0 Å². The van der Waals surface area contributed by atoms with Crippen molar-refractivity contribution in [1.29, 1.82) is 0 Å². The Kier molecular flexibility index (Phi) is 5.69. The zero-order valence-electron chi connectivity index (χ0n) is 16.0. The Hall–Kier alpha value is -3.67. The Morgan fingerprint density at radius 1 is 0.893 bits per heavy atom. The molecule has 3 rings (SSSR count). The first-order valence-corrected chi connectivity index (χ1v) is 8.90. The summed E-state index contributed by atoms with van der Waals surface area (Å²) < 4.78 is 0. The molecule has 6 nitrogen and oxygen atoms in total. The molecule has 6 heteroatoms. The van der Waals surface area contributed by atoms with E-state index in [2.05, 4.69) is 20.9 Å². The number of carbonyl (C=O) groups is 2. The van der Waals surface area contributed by atoms with E-state index in [1.54, 1.807) is 18.2 Å². The van der Waals surface area contributed by atoms with Gasteiger partial charge in [-0.05, 0) is 61.4 Å². The van der Waals surface area contributed by atoms with Crippen molar-refractivity contribution in [3.05, 3.63) is 77.5 Å². The van der Waals surface area contributed by atoms with Gasteiger partial charge in [0.05, 0.1) is 5.56 Å². The van der Waals surface area contributed by atoms with Crippen LogP contribution in [-0.4, -0.2) is 16.8 Å². The van der Waals surface area contributed by atoms with Crippen molar-refractivity contribution >= 4 is 34.7 Å². The van der Waals surface area contributed by atoms with Crippen LogP contribution in [0.4, 0.5) is 22.9 Å². The van der Waals surface area contributed by atoms with Gasteiger partial charge in [0.25, 0.3) is 5.91 Å². The van der Waals surface area contributed by atoms with Crippen LogP contribution in [0, 0.1) is 13.8 Å². The summed E-state index contributed by atoms with van der Waals surface area (Å²) in [7, 11) is 0. The molecule has 0 radical (unpaired) electrons. The molecule has 0 saturated carbocycles. The molecule has 1 aromatic heterocycles. The SMILES string of the molecule is CC(=O)Nc1cccc(Nc2ccc(C(=O)Nc3cccc(C)c3C)cn2)c1. The van der Waals surface area contributed by atoms with Gasteiger partial charge in [0.2, 0.25) is 5.91 Å². The second kappa shape index (κ2) is 8.35. The number of amides is 2. The second-order valence-electron chi connectivity index (χ2n) is 6.52. The van der Waals surface area contributed by atoms with Crippen LogP contribution in [0.3, 0.4) is 0 Å². The minimum Gasteiger partial charge on any atom is -0.340 e. The van der Waals surface area contributed by atoms with Crippen LogP contribution in [0.1, 0.15) is 28.4 Å². The third-order valence-corrected chi connectivity index (χ3v) is 4.33. The number of carbonyl (C=O) groups excluding carboxylic acids is 2. The fourth-order valence-electron chi connectivity index (χ4n) is 2.71. The van der Waals surface area contributed by atoms with E-state index < -0.39 is 0 Å². The third kappa shape index (κ3) is 4.73. The molecule has 0 aliphatic carbocycles. The van der Waals surface area contributed by atoms with E-state index in [0.29, 0.717) is 17.1 Å². The van der Waals surface area contributed by atoms with E-state index in [0.717, 1.165) is 22.5 Å². The third-order valence-electron chi connectivity index (χ3n) is 4.33. The molecule has 2 aromatic carbocycles. The van der Waals surface area contributed by atoms with Crippen molar-refractivity contribution in [3.63, 3.8) is 0 Å². The van der Waals surface area contributed by atoms with Crippen LogP contribution in [0.2, 0.25) is 0 Å². The molecule has 0 aliphatic rings. The summed E-state index contributed by atoms with van der Waals surface area (Å²) in [4.78, 5) is 28.0. The lowest BCUT2D eigenvalue weighted by atomic mass is 10.1. The van der Waals surface area contributed by atoms with Gasteiger partial charge in [-0.3, -0.25) is 9.59 Å². The summed E-state index contributed by atoms with van der Waals surface area (Å²) >= 11 is 0. The molecule has 0 bridgehead atoms. The molecule has 3 N–H and O–H groups in total. The number of anilines is 4. The van der Waals surface area contributed by atoms with Gasteiger partial charge in [0.1, 0.15) is 5.82 Å². The normalized spacial score (nSPS) is 10.2. The zero-order chi connectivity index (χ0) is 20.1. The maximum absolute atomic E-state index is 12.5. The molecule has 0 saturated heterocycles. The Bertz CT molecular complexity index is 1010. The van der Waals surface area contributed by atoms with Gasteiger partial charge in [-0.15, -0.1) is 0 Å². The minimum atomic E-state index is -0.208. The molecule has 0 atom stereocenters. The topological polar surface area (TPSA) is 83.1 Å². The highest BCUT2D eigenvalue weighted by Crippen LogP contribution is 2.21. The highest BCUT2D eigenvalue weighted by molar-refractivity contribution is 6.04. The number of hydrogen-bond acceptors (Lipinski definition) is 4. The predicted octanol–water partition coefficient (Wildman–Crippen LogP) is 4.65. The lowest BCUT2D eigenvalue weighted by Crippen LogP contribution is -2.13. The van der Waals surface area contributed by atoms with Crippen LogP contribution in [0.5, 0.6) is 0 Å². The van der Waals surface area contributed by atoms with E-state index in [-0.39, 0.29) is 11.8 Å². The largest absolute Gasteiger partial charge is 0.340 e. The zero-order valence-corrected chi connectivity index (χ0v) is 16.0. The minimum absolute atomic E-state index is 0.130. The van der Waals surface area contributed by atoms with Gasteiger partial charge in [0.15, 0.2) is 0 Å². The van der Waals surface area contributed by atoms with Gasteiger partial charge < -0.3 is 16.0 Å². The van der Waals surface area contributed by atoms with Crippen LogP contribution in [0.25, 0.3) is 0 Å². The van der Waals surface area contributed by atoms with Gasteiger partial charge in [-0.25, -0.2) is 4.98 Å². The van der Waals surface area contributed by atoms with Crippen molar-refractivity contribution in [1.82, 2.24) is 4.98 Å². The van der Waals surface area contributed by atoms with Crippen LogP contribution in [0.15, 0.2) is 60.8 Å². The monoisotopic (exact) mass is 374 g/mol. The smallest absolute Gasteiger partial charge is 0.257 e. The fourth-order valence-corrected chi connectivity index (χ4v) is 2.71. The summed E-state index contributed by atoms with van der Waals surface area (Å²) in [6.45, 7) is 5.45. The maximum atomic E-state index is 12.5. The summed E-state index contributed by atoms with van der Waals surface area (Å²) in [5, 5.41) is 8.81. The highest BCUT2D eigenvalue weighted by atomic mass is 16.2. The number of nitrogens with one attached hydrogen (secondary N) is 3. The van der Waals surface area contributed by atoms with E-state index in [1.807, 2.05) is 50.2 Å². The molecule has 28 heavy (non-hydrogen) atoms. The van der Waals surface area contributed by atoms with Crippen LogP contribution >= 0.6 is 0 Å². The van der Waals surface area contributed by atoms with Gasteiger partial charge >= 0.3 is 0 Å². The average molecular weight is 374 g/mol. The van der Waals surface area contributed by atoms with Crippen molar-refractivity contribution in [2.24, 2.45) is 0 Å². The molecule has 1 heterocycles. The molecular formula is C22H22N4O2. The average Bonchev–Trinajstić information content (AvgIpc) is 2.66. The number of aromatic nitrogens is 1. The molecular weight excluding hydrogens is 352 g/mol. The van der Waals surface area contributed by atoms with Crippen molar-refractivity contribution < 1.29 is 9.59 Å². The lowest BCUT2D eigenvalue weighted by Gasteiger charge is -2.11. The summed E-state index contributed by atoms with van der Waals surface area (Å²) in [6, 6.07) is 16.6. The Balaban J connectivity index is 1.69. The predicted molar refractivity (Wildman–Crippen MR) is 112 cm³/mol. The summed E-state index contributed by atoms with van der Waals surface area (Å²) in [5.41, 5.74) is 4.91. The number of hydrogen-bond donors (Lipinski definition) is 3. The fraction of sp³-hybridized carbons (Fsp3) is 0.136. The quantitative estimate of drug-likeness (QED) is 0.607. The number of benzene rings is 2. The number of pyridine rings is 1. The van der Waals surface area contributed by atoms with Crippen molar-refractivity contribution in [2.75, 3.05) is 16.0 Å². The first-order valence-electron chi connectivity index (χ1n) is 8.90. The first kappa shape index (κ1) is 19.1. The number of nitrogens with zero attached hydrogens (tertiary/aromatic N) is 1. The van der Waals surface area contributed by atoms with Crippen LogP contribution in [-0.2, 0) is 4.79 Å². The van der Waals surface area contributed by atoms with Gasteiger partial charge in [-0.2, -0.15) is 0 Å². The Labute approximate surface area is 164 Å². The molecule has 0 aliphatic heterocycles. The van der Waals surface area contributed by atoms with Crippen molar-refractivity contribution in [2.45, 2.75) is 20.8 Å². The van der Waals surface area contributed by atoms with Crippen molar-refractivity contribution in [3.8, 4) is 0 Å². The molecule has 0 spiro atoms. The van der Waals surface area contributed by atoms with E-state index in [4.69, 9.17) is 0 Å². The Morgan fingerprint density at radius 3 is 2.36 bits per heavy atom. The first-order chi connectivity index (χ1) is 13.4. The molecule has 3 aromatic rings. The van der Waals surface area contributed by atoms with Gasteiger partial charge in [0, 0.05) is 30.2 Å². The highest BCUT2D eigenvalue weighted by Gasteiger charge is 2.09. The lowest BCUT2D eigenvalue weighted by molar-refractivity contribution is -0.114. The van der Waals surface area contributed by atoms with Gasteiger partial charge in [-0.1, -0.05) is 18.2 Å². The summed E-state index contributed by atoms with van der Waals surface area (Å²) in [6.07, 6.45) is 1.53. The van der Waals surface area contributed by atoms with E-state index in [1.165, 1.54) is 13.1 Å². The molecule has 0 fully saturated rings. The maximum Gasteiger partial charge on any atom is 0.257 e. The molecule has 2 amide bonds.